The summed E-state index contributed by atoms with van der Waals surface area (Å²) in [5, 5.41) is 16.1. The number of hydrogen-bond donors (Lipinski definition) is 2. The van der Waals surface area contributed by atoms with Crippen LogP contribution < -0.4 is 10.1 Å². The summed E-state index contributed by atoms with van der Waals surface area (Å²) >= 11 is 0. The Morgan fingerprint density at radius 2 is 1.80 bits per heavy atom. The molecule has 3 aromatic rings. The zero-order chi connectivity index (χ0) is 29.3. The molecule has 9 heteroatoms. The van der Waals surface area contributed by atoms with Crippen LogP contribution in [0.3, 0.4) is 0 Å². The Balaban J connectivity index is 1.80. The van der Waals surface area contributed by atoms with E-state index in [1.54, 1.807) is 12.1 Å². The number of carbonyl (C=O) groups excluding carboxylic acids is 1. The lowest BCUT2D eigenvalue weighted by molar-refractivity contribution is -0.129. The summed E-state index contributed by atoms with van der Waals surface area (Å²) in [5.74, 6) is 0.710. The van der Waals surface area contributed by atoms with Crippen LogP contribution in [0.25, 0.3) is 10.4 Å². The Morgan fingerprint density at radius 3 is 2.49 bits per heavy atom. The molecule has 41 heavy (non-hydrogen) atoms. The van der Waals surface area contributed by atoms with E-state index in [0.717, 1.165) is 12.0 Å². The number of amides is 1. The molecule has 1 amide bonds. The van der Waals surface area contributed by atoms with Crippen molar-refractivity contribution in [2.24, 2.45) is 15.5 Å². The first kappa shape index (κ1) is 29.6. The summed E-state index contributed by atoms with van der Waals surface area (Å²) in [6.07, 6.45) is 0.747. The van der Waals surface area contributed by atoms with E-state index < -0.39 is 11.6 Å². The van der Waals surface area contributed by atoms with E-state index in [9.17, 15) is 10.3 Å². The zero-order valence-corrected chi connectivity index (χ0v) is 23.8. The fourth-order valence-electron chi connectivity index (χ4n) is 4.72. The highest BCUT2D eigenvalue weighted by atomic mass is 16.5. The lowest BCUT2D eigenvalue weighted by Crippen LogP contribution is -2.50. The minimum Gasteiger partial charge on any atom is -0.494 e. The molecule has 0 bridgehead atoms. The predicted octanol–water partition coefficient (Wildman–Crippen LogP) is 6.44. The Morgan fingerprint density at radius 1 is 1.10 bits per heavy atom. The smallest absolute Gasteiger partial charge is 0.252 e. The zero-order valence-electron chi connectivity index (χ0n) is 23.8. The highest BCUT2D eigenvalue weighted by molar-refractivity contribution is 6.01. The van der Waals surface area contributed by atoms with Crippen LogP contribution in [-0.2, 0) is 16.0 Å². The number of nitrogens with zero attached hydrogens (tertiary/aromatic N) is 4. The first-order chi connectivity index (χ1) is 19.8. The summed E-state index contributed by atoms with van der Waals surface area (Å²) in [6, 6.07) is 24.1. The number of aliphatic hydroxyl groups excluding tert-OH is 1. The maximum atomic E-state index is 14.2. The Labute approximate surface area is 240 Å². The van der Waals surface area contributed by atoms with Gasteiger partial charge in [-0.25, -0.2) is 4.99 Å². The molecule has 0 spiro atoms. The monoisotopic (exact) mass is 555 g/mol. The molecule has 4 rings (SSSR count). The number of benzene rings is 3. The van der Waals surface area contributed by atoms with Gasteiger partial charge in [0.25, 0.3) is 5.91 Å². The van der Waals surface area contributed by atoms with Gasteiger partial charge in [0, 0.05) is 47.7 Å². The lowest BCUT2D eigenvalue weighted by atomic mass is 9.81. The number of ether oxygens (including phenoxy) is 2. The molecule has 0 fully saturated rings. The molecule has 1 aliphatic heterocycles. The third-order valence-corrected chi connectivity index (χ3v) is 6.88. The molecule has 3 aromatic carbocycles. The highest BCUT2D eigenvalue weighted by Crippen LogP contribution is 2.45. The third kappa shape index (κ3) is 7.45. The number of aliphatic imine (C=N–C) groups is 1. The predicted molar refractivity (Wildman–Crippen MR) is 159 cm³/mol. The average molecular weight is 556 g/mol. The lowest BCUT2D eigenvalue weighted by Gasteiger charge is -2.32. The molecule has 0 saturated heterocycles. The molecule has 0 unspecified atom stereocenters. The van der Waals surface area contributed by atoms with Crippen LogP contribution in [-0.4, -0.2) is 42.2 Å². The van der Waals surface area contributed by atoms with Crippen LogP contribution in [0.4, 0.5) is 5.69 Å². The molecular formula is C32H37N5O4. The molecule has 2 atom stereocenters. The van der Waals surface area contributed by atoms with E-state index in [0.29, 0.717) is 48.0 Å². The molecule has 1 aliphatic rings. The third-order valence-electron chi connectivity index (χ3n) is 6.88. The van der Waals surface area contributed by atoms with Crippen molar-refractivity contribution in [3.05, 3.63) is 106 Å². The van der Waals surface area contributed by atoms with E-state index in [1.165, 1.54) is 0 Å². The van der Waals surface area contributed by atoms with Crippen LogP contribution >= 0.6 is 0 Å². The quantitative estimate of drug-likeness (QED) is 0.115. The minimum atomic E-state index is -1.37. The highest BCUT2D eigenvalue weighted by Gasteiger charge is 2.53. The second-order valence-corrected chi connectivity index (χ2v) is 11.3. The van der Waals surface area contributed by atoms with E-state index in [1.807, 2.05) is 66.7 Å². The van der Waals surface area contributed by atoms with E-state index in [4.69, 9.17) is 19.6 Å². The van der Waals surface area contributed by atoms with E-state index in [2.05, 4.69) is 36.1 Å². The second-order valence-electron chi connectivity index (χ2n) is 11.3. The topological polar surface area (TPSA) is 129 Å². The van der Waals surface area contributed by atoms with Crippen molar-refractivity contribution in [3.63, 3.8) is 0 Å². The van der Waals surface area contributed by atoms with Crippen molar-refractivity contribution >= 4 is 17.5 Å². The SMILES string of the molecule is CC(C)(C)CCNC(=O)[C@]1(Cc2ccccc2)N=C(c2ccc(OCCCO)cc2)O[C@@H]1c1ccccc1N=[N+]=[N-]. The normalized spacial score (nSPS) is 18.1. The molecular weight excluding hydrogens is 518 g/mol. The largest absolute Gasteiger partial charge is 0.494 e. The average Bonchev–Trinajstić information content (AvgIpc) is 3.34. The van der Waals surface area contributed by atoms with Gasteiger partial charge in [0.1, 0.15) is 5.75 Å². The summed E-state index contributed by atoms with van der Waals surface area (Å²) in [5.41, 5.74) is 10.5. The van der Waals surface area contributed by atoms with Gasteiger partial charge in [-0.3, -0.25) is 4.79 Å². The fourth-order valence-corrected chi connectivity index (χ4v) is 4.72. The fraction of sp³-hybridized carbons (Fsp3) is 0.375. The number of aliphatic hydroxyl groups is 1. The van der Waals surface area contributed by atoms with Gasteiger partial charge in [-0.15, -0.1) is 0 Å². The molecule has 2 N–H and O–H groups in total. The van der Waals surface area contributed by atoms with Crippen molar-refractivity contribution in [3.8, 4) is 5.75 Å². The number of nitrogens with one attached hydrogen (secondary N) is 1. The van der Waals surface area contributed by atoms with Crippen molar-refractivity contribution in [1.29, 1.82) is 0 Å². The summed E-state index contributed by atoms with van der Waals surface area (Å²) in [6.45, 7) is 7.33. The second kappa shape index (κ2) is 13.4. The van der Waals surface area contributed by atoms with E-state index in [-0.39, 0.29) is 24.3 Å². The Bertz CT molecular complexity index is 1400. The summed E-state index contributed by atoms with van der Waals surface area (Å²) in [7, 11) is 0. The minimum absolute atomic E-state index is 0.0367. The maximum absolute atomic E-state index is 14.2. The maximum Gasteiger partial charge on any atom is 0.252 e. The van der Waals surface area contributed by atoms with Crippen molar-refractivity contribution in [1.82, 2.24) is 5.32 Å². The van der Waals surface area contributed by atoms with Gasteiger partial charge >= 0.3 is 0 Å². The molecule has 9 nitrogen and oxygen atoms in total. The molecule has 214 valence electrons. The summed E-state index contributed by atoms with van der Waals surface area (Å²) < 4.78 is 12.2. The van der Waals surface area contributed by atoms with Gasteiger partial charge in [0.05, 0.1) is 6.61 Å². The number of azide groups is 1. The van der Waals surface area contributed by atoms with Crippen LogP contribution in [0.1, 0.15) is 56.4 Å². The number of hydrogen-bond acceptors (Lipinski definition) is 6. The number of carbonyl (C=O) groups is 1. The van der Waals surface area contributed by atoms with Gasteiger partial charge in [0.15, 0.2) is 11.6 Å². The van der Waals surface area contributed by atoms with Crippen LogP contribution in [0.15, 0.2) is 89.0 Å². The van der Waals surface area contributed by atoms with Crippen LogP contribution in [0, 0.1) is 5.41 Å². The molecule has 0 aliphatic carbocycles. The Kier molecular flexibility index (Phi) is 9.65. The van der Waals surface area contributed by atoms with Gasteiger partial charge in [-0.2, -0.15) is 0 Å². The Hall–Kier alpha value is -4.33. The van der Waals surface area contributed by atoms with Crippen LogP contribution in [0.2, 0.25) is 0 Å². The van der Waals surface area contributed by atoms with Gasteiger partial charge in [-0.1, -0.05) is 80.5 Å². The summed E-state index contributed by atoms with van der Waals surface area (Å²) in [4.78, 5) is 22.3. The first-order valence-electron chi connectivity index (χ1n) is 13.8. The molecule has 1 heterocycles. The first-order valence-corrected chi connectivity index (χ1v) is 13.8. The van der Waals surface area contributed by atoms with Crippen LogP contribution in [0.5, 0.6) is 5.75 Å². The van der Waals surface area contributed by atoms with Crippen molar-refractivity contribution in [2.75, 3.05) is 19.8 Å². The van der Waals surface area contributed by atoms with E-state index >= 15 is 0 Å². The number of rotatable bonds is 12. The molecule has 0 saturated carbocycles. The van der Waals surface area contributed by atoms with Gasteiger partial charge in [0.2, 0.25) is 5.90 Å². The molecule has 0 radical (unpaired) electrons. The van der Waals surface area contributed by atoms with Crippen molar-refractivity contribution < 1.29 is 19.4 Å². The molecule has 0 aromatic heterocycles. The van der Waals surface area contributed by atoms with Gasteiger partial charge < -0.3 is 19.9 Å². The van der Waals surface area contributed by atoms with Gasteiger partial charge in [-0.05, 0) is 47.2 Å². The standard InChI is InChI=1S/C32H37N5O4/c1-31(2,3)18-19-34-30(39)32(22-23-10-5-4-6-11-23)28(26-12-7-8-13-27(26)36-37-33)41-29(35-32)24-14-16-25(17-15-24)40-21-9-20-38/h4-8,10-17,28,38H,9,18-22H2,1-3H3,(H,34,39)/t28-,32-/m1/s1. The van der Waals surface area contributed by atoms with Crippen molar-refractivity contribution in [2.45, 2.75) is 51.7 Å².